The molecule has 5 aromatic carbocycles. The first-order valence-corrected chi connectivity index (χ1v) is 17.0. The third-order valence-electron chi connectivity index (χ3n) is 7.01. The second-order valence-electron chi connectivity index (χ2n) is 9.28. The van der Waals surface area contributed by atoms with Gasteiger partial charge in [-0.15, -0.1) is 0 Å². The molecule has 0 N–H and O–H groups in total. The molecule has 0 saturated heterocycles. The van der Waals surface area contributed by atoms with E-state index in [0.717, 1.165) is 31.9 Å². The van der Waals surface area contributed by atoms with Crippen LogP contribution in [0.3, 0.4) is 0 Å². The van der Waals surface area contributed by atoms with Gasteiger partial charge in [0, 0.05) is 25.3 Å². The molecule has 0 aromatic heterocycles. The Balaban J connectivity index is 1.64. The predicted molar refractivity (Wildman–Crippen MR) is 170 cm³/mol. The van der Waals surface area contributed by atoms with Crippen molar-refractivity contribution in [2.45, 2.75) is 0 Å². The van der Waals surface area contributed by atoms with Crippen LogP contribution in [0.15, 0.2) is 146 Å². The van der Waals surface area contributed by atoms with Gasteiger partial charge >= 0.3 is 16.6 Å². The lowest BCUT2D eigenvalue weighted by Gasteiger charge is -2.25. The van der Waals surface area contributed by atoms with Crippen LogP contribution in [0.25, 0.3) is 0 Å². The van der Waals surface area contributed by atoms with Crippen LogP contribution in [0.5, 0.6) is 0 Å². The first-order chi connectivity index (χ1) is 19.7. The zero-order valence-electron chi connectivity index (χ0n) is 22.7. The summed E-state index contributed by atoms with van der Waals surface area (Å²) in [6.45, 7) is 0. The first kappa shape index (κ1) is 27.2. The van der Waals surface area contributed by atoms with Crippen LogP contribution >= 0.6 is 0 Å². The van der Waals surface area contributed by atoms with E-state index in [-0.39, 0.29) is 0 Å². The van der Waals surface area contributed by atoms with E-state index in [1.807, 2.05) is 97.1 Å². The van der Waals surface area contributed by atoms with E-state index in [1.165, 1.54) is 0 Å². The summed E-state index contributed by atoms with van der Waals surface area (Å²) in [7, 11) is -2.11. The molecule has 0 heterocycles. The summed E-state index contributed by atoms with van der Waals surface area (Å²) < 4.78 is 12.7. The normalized spacial score (nSPS) is 11.1. The number of hydrogen-bond donors (Lipinski definition) is 0. The highest BCUT2D eigenvalue weighted by atomic mass is 28.4. The van der Waals surface area contributed by atoms with Crippen molar-refractivity contribution < 1.29 is 8.85 Å². The van der Waals surface area contributed by atoms with E-state index in [1.54, 1.807) is 14.2 Å². The standard InChI is InChI=1S/C36H30O2Si2/c1-37-39(33-19-7-3-8-20-33,34-21-9-4-10-22-34)29-27-31-17-15-16-18-32(31)28-30-40(38-2,35-23-11-5-12-24-35)36-25-13-6-14-26-36/h3-26H,1-2H3. The Morgan fingerprint density at radius 1 is 0.375 bits per heavy atom. The highest BCUT2D eigenvalue weighted by Gasteiger charge is 2.38. The molecule has 0 unspecified atom stereocenters. The minimum absolute atomic E-state index is 0.871. The molecule has 0 saturated carbocycles. The fourth-order valence-electron chi connectivity index (χ4n) is 4.90. The van der Waals surface area contributed by atoms with Crippen molar-refractivity contribution >= 4 is 37.4 Å². The van der Waals surface area contributed by atoms with Gasteiger partial charge in [0.1, 0.15) is 0 Å². The topological polar surface area (TPSA) is 18.5 Å². The fourth-order valence-corrected chi connectivity index (χ4v) is 10.6. The van der Waals surface area contributed by atoms with Gasteiger partial charge in [-0.3, -0.25) is 0 Å². The molecule has 5 aromatic rings. The minimum atomic E-state index is -2.82. The van der Waals surface area contributed by atoms with E-state index in [0.29, 0.717) is 0 Å². The minimum Gasteiger partial charge on any atom is -0.402 e. The molecule has 40 heavy (non-hydrogen) atoms. The van der Waals surface area contributed by atoms with Gasteiger partial charge in [0.25, 0.3) is 0 Å². The van der Waals surface area contributed by atoms with Gasteiger partial charge in [0.15, 0.2) is 0 Å². The fraction of sp³-hybridized carbons (Fsp3) is 0.0556. The molecule has 0 amide bonds. The maximum absolute atomic E-state index is 6.34. The molecule has 0 aliphatic rings. The molecule has 0 bridgehead atoms. The third kappa shape index (κ3) is 5.49. The zero-order valence-corrected chi connectivity index (χ0v) is 24.7. The molecular weight excluding hydrogens is 521 g/mol. The summed E-state index contributed by atoms with van der Waals surface area (Å²) in [5, 5.41) is 4.44. The summed E-state index contributed by atoms with van der Waals surface area (Å²) in [6.07, 6.45) is 0. The summed E-state index contributed by atoms with van der Waals surface area (Å²) in [5.41, 5.74) is 8.99. The van der Waals surface area contributed by atoms with Crippen LogP contribution in [-0.4, -0.2) is 30.9 Å². The van der Waals surface area contributed by atoms with E-state index >= 15 is 0 Å². The monoisotopic (exact) mass is 550 g/mol. The lowest BCUT2D eigenvalue weighted by Crippen LogP contribution is -2.59. The maximum atomic E-state index is 6.34. The Hall–Kier alpha value is -4.43. The molecule has 5 rings (SSSR count). The molecule has 0 fully saturated rings. The Kier molecular flexibility index (Phi) is 8.57. The average Bonchev–Trinajstić information content (AvgIpc) is 3.05. The number of benzene rings is 5. The van der Waals surface area contributed by atoms with Crippen LogP contribution < -0.4 is 20.7 Å². The Morgan fingerprint density at radius 2 is 0.625 bits per heavy atom. The molecule has 194 valence electrons. The van der Waals surface area contributed by atoms with Crippen LogP contribution in [0.2, 0.25) is 0 Å². The zero-order chi connectivity index (χ0) is 27.7. The average molecular weight is 551 g/mol. The van der Waals surface area contributed by atoms with Crippen molar-refractivity contribution in [1.82, 2.24) is 0 Å². The number of rotatable bonds is 6. The molecule has 0 spiro atoms. The highest BCUT2D eigenvalue weighted by Crippen LogP contribution is 2.12. The van der Waals surface area contributed by atoms with Gasteiger partial charge in [0.05, 0.1) is 0 Å². The van der Waals surface area contributed by atoms with Gasteiger partial charge in [-0.05, 0) is 32.9 Å². The lowest BCUT2D eigenvalue weighted by molar-refractivity contribution is 0.427. The van der Waals surface area contributed by atoms with Crippen molar-refractivity contribution in [3.8, 4) is 22.9 Å². The SMILES string of the molecule is CO[Si](C#Cc1ccccc1C#C[Si](OC)(c1ccccc1)c1ccccc1)(c1ccccc1)c1ccccc1. The smallest absolute Gasteiger partial charge is 0.337 e. The second kappa shape index (κ2) is 12.6. The summed E-state index contributed by atoms with van der Waals surface area (Å²) >= 11 is 0. The van der Waals surface area contributed by atoms with Crippen molar-refractivity contribution in [1.29, 1.82) is 0 Å². The van der Waals surface area contributed by atoms with E-state index < -0.39 is 16.6 Å². The highest BCUT2D eigenvalue weighted by molar-refractivity contribution is 7.04. The molecule has 0 atom stereocenters. The summed E-state index contributed by atoms with van der Waals surface area (Å²) in [5.74, 6) is 6.99. The predicted octanol–water partition coefficient (Wildman–Crippen LogP) is 4.28. The molecule has 2 nitrogen and oxygen atoms in total. The Bertz CT molecular complexity index is 1460. The van der Waals surface area contributed by atoms with E-state index in [4.69, 9.17) is 8.85 Å². The van der Waals surface area contributed by atoms with E-state index in [9.17, 15) is 0 Å². The van der Waals surface area contributed by atoms with Crippen molar-refractivity contribution in [3.63, 3.8) is 0 Å². The molecule has 0 aliphatic carbocycles. The van der Waals surface area contributed by atoms with Crippen LogP contribution in [-0.2, 0) is 8.85 Å². The van der Waals surface area contributed by atoms with Crippen molar-refractivity contribution in [2.24, 2.45) is 0 Å². The van der Waals surface area contributed by atoms with Gasteiger partial charge in [-0.25, -0.2) is 0 Å². The van der Waals surface area contributed by atoms with Crippen LogP contribution in [0, 0.1) is 22.9 Å². The molecular formula is C36H30O2Si2. The van der Waals surface area contributed by atoms with Gasteiger partial charge < -0.3 is 8.85 Å². The summed E-state index contributed by atoms with van der Waals surface area (Å²) in [6, 6.07) is 49.4. The first-order valence-electron chi connectivity index (χ1n) is 13.2. The third-order valence-corrected chi connectivity index (χ3v) is 13.8. The largest absolute Gasteiger partial charge is 0.402 e. The molecule has 0 radical (unpaired) electrons. The molecule has 4 heteroatoms. The Labute approximate surface area is 239 Å². The Morgan fingerprint density at radius 3 is 0.875 bits per heavy atom. The van der Waals surface area contributed by atoms with Crippen LogP contribution in [0.4, 0.5) is 0 Å². The van der Waals surface area contributed by atoms with Gasteiger partial charge in [-0.2, -0.15) is 0 Å². The lowest BCUT2D eigenvalue weighted by atomic mass is 10.1. The van der Waals surface area contributed by atoms with Gasteiger partial charge in [-0.1, -0.05) is 156 Å². The van der Waals surface area contributed by atoms with Crippen molar-refractivity contribution in [3.05, 3.63) is 157 Å². The van der Waals surface area contributed by atoms with E-state index in [2.05, 4.69) is 71.5 Å². The second-order valence-corrected chi connectivity index (χ2v) is 15.6. The van der Waals surface area contributed by atoms with Crippen LogP contribution in [0.1, 0.15) is 11.1 Å². The van der Waals surface area contributed by atoms with Crippen molar-refractivity contribution in [2.75, 3.05) is 14.2 Å². The quantitative estimate of drug-likeness (QED) is 0.232. The molecule has 0 aliphatic heterocycles. The summed E-state index contributed by atoms with van der Waals surface area (Å²) in [4.78, 5) is 0. The maximum Gasteiger partial charge on any atom is 0.337 e. The number of hydrogen-bond acceptors (Lipinski definition) is 2. The van der Waals surface area contributed by atoms with Gasteiger partial charge in [0.2, 0.25) is 0 Å².